The van der Waals surface area contributed by atoms with Gasteiger partial charge in [0.25, 0.3) is 0 Å². The number of halogens is 3. The van der Waals surface area contributed by atoms with E-state index < -0.39 is 12.2 Å². The average molecular weight is 835 g/mol. The number of aliphatic hydroxyl groups excluding tert-OH is 2. The number of hydrogen-bond acceptors (Lipinski definition) is 6. The van der Waals surface area contributed by atoms with E-state index in [0.29, 0.717) is 14.5 Å². The van der Waals surface area contributed by atoms with Gasteiger partial charge in [0, 0.05) is 5.56 Å². The molecule has 0 fully saturated rings. The summed E-state index contributed by atoms with van der Waals surface area (Å²) in [5.74, 6) is 0. The molecule has 5 aromatic heterocycles. The summed E-state index contributed by atoms with van der Waals surface area (Å²) in [6, 6.07) is 13.7. The molecule has 0 amide bonds. The summed E-state index contributed by atoms with van der Waals surface area (Å²) in [7, 11) is 0. The first-order chi connectivity index (χ1) is 16.4. The molecule has 34 heavy (non-hydrogen) atoms. The van der Waals surface area contributed by atoms with Gasteiger partial charge in [-0.1, -0.05) is 0 Å². The Labute approximate surface area is 247 Å². The molecule has 5 rings (SSSR count). The van der Waals surface area contributed by atoms with Crippen LogP contribution in [0, 0.1) is 0 Å². The fourth-order valence-electron chi connectivity index (χ4n) is 2.58. The molecule has 0 radical (unpaired) electrons. The first-order valence-corrected chi connectivity index (χ1v) is 18.2. The molecule has 11 heteroatoms. The van der Waals surface area contributed by atoms with Crippen molar-refractivity contribution in [3.63, 3.8) is 0 Å². The zero-order valence-corrected chi connectivity index (χ0v) is 27.8. The van der Waals surface area contributed by atoms with Crippen LogP contribution >= 0.6 is 81.8 Å². The third-order valence-electron chi connectivity index (χ3n) is 4.27. The van der Waals surface area contributed by atoms with Gasteiger partial charge >= 0.3 is 191 Å². The summed E-state index contributed by atoms with van der Waals surface area (Å²) in [6.07, 6.45) is -0.365. The molecule has 3 nitrogen and oxygen atoms in total. The molecule has 0 aliphatic heterocycles. The molecule has 0 saturated carbocycles. The third-order valence-corrected chi connectivity index (χ3v) is 13.3. The number of hydrogen-bond donors (Lipinski definition) is 2. The Kier molecular flexibility index (Phi) is 12.5. The molecule has 5 heterocycles. The molecule has 0 aliphatic carbocycles. The Balaban J connectivity index is 0.000000202. The van der Waals surface area contributed by atoms with Crippen LogP contribution in [0.2, 0.25) is 0 Å². The number of aldehydes is 1. The second kappa shape index (κ2) is 14.8. The second-order valence-corrected chi connectivity index (χ2v) is 17.2. The van der Waals surface area contributed by atoms with Crippen LogP contribution < -0.4 is 0 Å². The fraction of sp³-hybridized carbons (Fsp3) is 0.0870. The van der Waals surface area contributed by atoms with E-state index in [0.717, 1.165) is 43.2 Å². The molecule has 2 atom stereocenters. The molecule has 0 spiro atoms. The monoisotopic (exact) mass is 834 g/mol. The van der Waals surface area contributed by atoms with E-state index in [2.05, 4.69) is 69.8 Å². The van der Waals surface area contributed by atoms with E-state index in [1.807, 2.05) is 40.4 Å². The predicted octanol–water partition coefficient (Wildman–Crippen LogP) is 7.62. The molecule has 0 aliphatic rings. The minimum atomic E-state index is -0.600. The Morgan fingerprint density at radius 1 is 0.735 bits per heavy atom. The summed E-state index contributed by atoms with van der Waals surface area (Å²) in [5.41, 5.74) is 2.53. The van der Waals surface area contributed by atoms with Crippen LogP contribution in [0.25, 0.3) is 0 Å². The predicted molar refractivity (Wildman–Crippen MR) is 156 cm³/mol. The number of rotatable bonds is 5. The zero-order valence-electron chi connectivity index (χ0n) is 17.1. The van der Waals surface area contributed by atoms with Gasteiger partial charge in [0.15, 0.2) is 6.29 Å². The van der Waals surface area contributed by atoms with Crippen LogP contribution in [-0.2, 0) is 0 Å². The van der Waals surface area contributed by atoms with Gasteiger partial charge < -0.3 is 0 Å². The molecule has 5 aromatic rings. The van der Waals surface area contributed by atoms with E-state index >= 15 is 0 Å². The van der Waals surface area contributed by atoms with E-state index in [-0.39, 0.29) is 14.5 Å². The molecule has 2 N–H and O–H groups in total. The molecule has 2 unspecified atom stereocenters. The van der Waals surface area contributed by atoms with E-state index in [1.54, 1.807) is 28.7 Å². The van der Waals surface area contributed by atoms with Gasteiger partial charge in [-0.15, -0.1) is 11.3 Å². The van der Waals surface area contributed by atoms with Gasteiger partial charge in [-0.25, -0.2) is 0 Å². The Hall–Kier alpha value is 0.129. The number of thiophene rings is 3. The summed E-state index contributed by atoms with van der Waals surface area (Å²) < 4.78 is 4.78. The van der Waals surface area contributed by atoms with E-state index in [1.165, 1.54) is 11.3 Å². The van der Waals surface area contributed by atoms with Crippen molar-refractivity contribution < 1.29 is 15.0 Å². The summed E-state index contributed by atoms with van der Waals surface area (Å²) in [6.45, 7) is 0. The third kappa shape index (κ3) is 8.07. The maximum absolute atomic E-state index is 10.5. The van der Waals surface area contributed by atoms with Gasteiger partial charge in [-0.05, 0) is 27.4 Å². The van der Waals surface area contributed by atoms with Crippen molar-refractivity contribution in [3.8, 4) is 0 Å². The normalized spacial score (nSPS) is 12.1. The summed E-state index contributed by atoms with van der Waals surface area (Å²) >= 11 is 15.5. The summed E-state index contributed by atoms with van der Waals surface area (Å²) in [5, 5.41) is 26.7. The Morgan fingerprint density at radius 2 is 1.21 bits per heavy atom. The SMILES string of the molecule is O=Cc1ccsc1Br.OC(c1ccc(C(O)c2ccsc2Br)[se]1)c1ccsc1Br.c1cc[se]c1. The minimum absolute atomic E-state index is 0.0401. The zero-order chi connectivity index (χ0) is 24.5. The van der Waals surface area contributed by atoms with Crippen LogP contribution in [0.3, 0.4) is 0 Å². The van der Waals surface area contributed by atoms with Gasteiger partial charge in [0.2, 0.25) is 0 Å². The topological polar surface area (TPSA) is 57.5 Å². The summed E-state index contributed by atoms with van der Waals surface area (Å²) in [4.78, 5) is 14.4. The van der Waals surface area contributed by atoms with Crippen LogP contribution in [-0.4, -0.2) is 45.5 Å². The maximum atomic E-state index is 10.5. The molecule has 0 saturated heterocycles. The van der Waals surface area contributed by atoms with Gasteiger partial charge in [-0.2, -0.15) is 0 Å². The van der Waals surface area contributed by atoms with Crippen molar-refractivity contribution in [1.29, 1.82) is 0 Å². The van der Waals surface area contributed by atoms with Crippen LogP contribution in [0.15, 0.2) is 79.8 Å². The average Bonchev–Trinajstić information content (AvgIpc) is 3.66. The van der Waals surface area contributed by atoms with Crippen LogP contribution in [0.1, 0.15) is 42.6 Å². The van der Waals surface area contributed by atoms with Crippen molar-refractivity contribution >= 4 is 117 Å². The molecular weight excluding hydrogens is 818 g/mol. The van der Waals surface area contributed by atoms with Crippen molar-refractivity contribution in [3.05, 3.63) is 105 Å². The quantitative estimate of drug-likeness (QED) is 0.142. The van der Waals surface area contributed by atoms with E-state index in [9.17, 15) is 15.0 Å². The van der Waals surface area contributed by atoms with Crippen molar-refractivity contribution in [1.82, 2.24) is 0 Å². The number of carbonyl (C=O) groups is 1. The van der Waals surface area contributed by atoms with Gasteiger partial charge in [-0.3, -0.25) is 4.79 Å². The first kappa shape index (κ1) is 28.7. The molecule has 0 bridgehead atoms. The molecule has 0 aromatic carbocycles. The standard InChI is InChI=1S/C14H10Br2O2S2Se.C5H3BrOS.C4H4Se/c15-13-7(3-5-19-13)11(17)9-1-2-10(21-9)12(18)8-4-6-20-14(8)16;6-5-4(3-7)1-2-8-5;1-2-4-5-3-1/h1-6,11-12,17-18H;1-3H;1-4H. The van der Waals surface area contributed by atoms with Crippen molar-refractivity contribution in [2.45, 2.75) is 12.2 Å². The number of carbonyl (C=O) groups excluding carboxylic acids is 1. The second-order valence-electron chi connectivity index (χ2n) is 6.41. The van der Waals surface area contributed by atoms with Crippen molar-refractivity contribution in [2.75, 3.05) is 0 Å². The van der Waals surface area contributed by atoms with Gasteiger partial charge in [0.05, 0.1) is 3.79 Å². The van der Waals surface area contributed by atoms with Crippen molar-refractivity contribution in [2.24, 2.45) is 0 Å². The van der Waals surface area contributed by atoms with E-state index in [4.69, 9.17) is 0 Å². The molecule has 178 valence electrons. The Bertz CT molecular complexity index is 1200. The molecular formula is C23H17Br3O3S3Se2. The van der Waals surface area contributed by atoms with Gasteiger partial charge in [0.1, 0.15) is 0 Å². The van der Waals surface area contributed by atoms with Crippen LogP contribution in [0.5, 0.6) is 0 Å². The Morgan fingerprint density at radius 3 is 1.50 bits per heavy atom. The first-order valence-electron chi connectivity index (χ1n) is 9.49. The fourth-order valence-corrected chi connectivity index (χ4v) is 9.46. The van der Waals surface area contributed by atoms with Crippen LogP contribution in [0.4, 0.5) is 0 Å². The number of aliphatic hydroxyl groups is 2.